The standard InChI is InChI=1S/C69H125N11O16/c1-28-31-32-43(15)56(82)55(61(87)74-52(46(18)81)67(93)94)80(27)66(92)53(41(12)13)78(25)64(90)48(34-38(6)7)72-59(85)51(36-40(10)11)75(22)62(88)45(17)71-57(83)44(16)70-58(84)50(35-39(8)9)76(23)63(89)47(33-37(4)5)73-60(86)54(42(14)29-2)79(26)65(91)49(30-3)77(24)68(95)96-69(19,20)21/h28,31,37-56,81-82H,29-30,32-36H2,1-27H3,(H,70,84)(H,71,83)(H,72,85)(H,73,86)(H,74,87)(H,93,94)/b31-28+/t42?,43-,44+,45-,46?,47+,48+,49-,50+,51+,52+,53+,54+,55+,56-/m1/s1. The van der Waals surface area contributed by atoms with Crippen LogP contribution in [-0.2, 0) is 57.5 Å². The van der Waals surface area contributed by atoms with Gasteiger partial charge in [0.1, 0.15) is 66.0 Å². The van der Waals surface area contributed by atoms with E-state index in [1.807, 2.05) is 62.3 Å². The second-order valence-corrected chi connectivity index (χ2v) is 29.2. The summed E-state index contributed by atoms with van der Waals surface area (Å²) in [5.74, 6) is -11.1. The molecule has 552 valence electrons. The molecule has 0 bridgehead atoms. The molecule has 0 aliphatic heterocycles. The third kappa shape index (κ3) is 27.2. The first-order valence-corrected chi connectivity index (χ1v) is 34.1. The number of aliphatic hydroxyl groups is 2. The number of allylic oxidation sites excluding steroid dienone is 2. The molecule has 0 rings (SSSR count). The van der Waals surface area contributed by atoms with Gasteiger partial charge in [-0.15, -0.1) is 0 Å². The molecule has 0 aliphatic carbocycles. The number of hydrogen-bond acceptors (Lipinski definition) is 15. The number of aliphatic hydroxyl groups excluding tert-OH is 2. The lowest BCUT2D eigenvalue weighted by atomic mass is 9.91. The van der Waals surface area contributed by atoms with E-state index in [0.29, 0.717) is 6.42 Å². The van der Waals surface area contributed by atoms with Crippen molar-refractivity contribution in [2.45, 2.75) is 275 Å². The van der Waals surface area contributed by atoms with Gasteiger partial charge in [0, 0.05) is 42.3 Å². The lowest BCUT2D eigenvalue weighted by Gasteiger charge is -2.40. The van der Waals surface area contributed by atoms with Gasteiger partial charge in [0.2, 0.25) is 59.1 Å². The molecule has 27 heteroatoms. The third-order valence-corrected chi connectivity index (χ3v) is 17.2. The van der Waals surface area contributed by atoms with E-state index in [9.17, 15) is 72.9 Å². The lowest BCUT2D eigenvalue weighted by molar-refractivity contribution is -0.155. The Morgan fingerprint density at radius 2 is 0.844 bits per heavy atom. The molecular formula is C69H125N11O16. The zero-order chi connectivity index (χ0) is 75.0. The minimum absolute atomic E-state index is 0.0731. The zero-order valence-electron chi connectivity index (χ0n) is 63.0. The van der Waals surface area contributed by atoms with Crippen LogP contribution in [0, 0.1) is 41.4 Å². The Labute approximate surface area is 573 Å². The van der Waals surface area contributed by atoms with E-state index in [1.54, 1.807) is 74.5 Å². The second kappa shape index (κ2) is 40.7. The van der Waals surface area contributed by atoms with Crippen molar-refractivity contribution >= 4 is 71.1 Å². The van der Waals surface area contributed by atoms with Crippen molar-refractivity contribution in [3.63, 3.8) is 0 Å². The summed E-state index contributed by atoms with van der Waals surface area (Å²) in [5, 5.41) is 45.0. The number of carboxylic acids is 1. The van der Waals surface area contributed by atoms with Crippen molar-refractivity contribution in [3.05, 3.63) is 12.2 Å². The van der Waals surface area contributed by atoms with E-state index in [-0.39, 0.29) is 62.2 Å². The molecule has 0 aliphatic rings. The van der Waals surface area contributed by atoms with Crippen LogP contribution in [-0.4, -0.2) is 242 Å². The predicted octanol–water partition coefficient (Wildman–Crippen LogP) is 4.55. The van der Waals surface area contributed by atoms with E-state index in [1.165, 1.54) is 75.7 Å². The van der Waals surface area contributed by atoms with Crippen molar-refractivity contribution in [1.82, 2.24) is 56.0 Å². The maximum absolute atomic E-state index is 14.8. The largest absolute Gasteiger partial charge is 0.480 e. The maximum atomic E-state index is 14.8. The van der Waals surface area contributed by atoms with Crippen LogP contribution >= 0.6 is 0 Å². The molecular weight excluding hydrogens is 1240 g/mol. The Hall–Kier alpha value is -6.90. The maximum Gasteiger partial charge on any atom is 0.410 e. The number of carbonyl (C=O) groups excluding carboxylic acids is 11. The molecule has 2 unspecified atom stereocenters. The molecule has 96 heavy (non-hydrogen) atoms. The first-order valence-electron chi connectivity index (χ1n) is 34.1. The molecule has 0 heterocycles. The van der Waals surface area contributed by atoms with E-state index in [4.69, 9.17) is 4.74 Å². The molecule has 0 spiro atoms. The van der Waals surface area contributed by atoms with E-state index < -0.39 is 173 Å². The minimum Gasteiger partial charge on any atom is -0.480 e. The molecule has 0 aromatic carbocycles. The van der Waals surface area contributed by atoms with Crippen LogP contribution in [0.3, 0.4) is 0 Å². The summed E-state index contributed by atoms with van der Waals surface area (Å²) in [6.45, 7) is 36.0. The SMILES string of the molecule is C/C=C/C[C@@H](C)[C@@H](O)[C@@H](C(=O)N[C@H](C(=O)O)C(C)O)N(C)C(=O)[C@H](C(C)C)N(C)C(=O)[C@H](CC(C)C)NC(=O)[C@H](CC(C)C)N(C)C(=O)[C@@H](C)NC(=O)[C@H](C)NC(=O)[C@H](CC(C)C)N(C)C(=O)[C@H](CC(C)C)NC(=O)[C@H](C(C)CC)N(C)C(=O)[C@@H](CC)N(C)C(=O)OC(C)(C)C. The molecule has 0 aromatic rings. The number of rotatable bonds is 39. The number of carbonyl (C=O) groups is 12. The van der Waals surface area contributed by atoms with Crippen LogP contribution in [0.15, 0.2) is 12.2 Å². The highest BCUT2D eigenvalue weighted by Crippen LogP contribution is 2.25. The Kier molecular flexibility index (Phi) is 37.8. The summed E-state index contributed by atoms with van der Waals surface area (Å²) < 4.78 is 5.53. The van der Waals surface area contributed by atoms with Crippen molar-refractivity contribution in [2.75, 3.05) is 42.3 Å². The average Bonchev–Trinajstić information content (AvgIpc) is 0.814. The molecule has 11 amide bonds. The molecule has 8 N–H and O–H groups in total. The van der Waals surface area contributed by atoms with Gasteiger partial charge in [0.25, 0.3) is 0 Å². The first-order chi connectivity index (χ1) is 44.1. The smallest absolute Gasteiger partial charge is 0.410 e. The van der Waals surface area contributed by atoms with Gasteiger partial charge in [0.05, 0.1) is 12.2 Å². The third-order valence-electron chi connectivity index (χ3n) is 17.2. The Morgan fingerprint density at radius 3 is 1.25 bits per heavy atom. The zero-order valence-corrected chi connectivity index (χ0v) is 63.0. The summed E-state index contributed by atoms with van der Waals surface area (Å²) in [4.78, 5) is 176. The highest BCUT2D eigenvalue weighted by Gasteiger charge is 2.45. The number of hydrogen-bond donors (Lipinski definition) is 8. The fourth-order valence-electron chi connectivity index (χ4n) is 11.4. The van der Waals surface area contributed by atoms with Gasteiger partial charge in [-0.3, -0.25) is 52.8 Å². The molecule has 15 atom stereocenters. The number of amides is 11. The summed E-state index contributed by atoms with van der Waals surface area (Å²) in [5.41, 5.74) is -0.828. The summed E-state index contributed by atoms with van der Waals surface area (Å²) in [7, 11) is 8.38. The second-order valence-electron chi connectivity index (χ2n) is 29.2. The fraction of sp³-hybridized carbons (Fsp3) is 0.797. The Balaban J connectivity index is 6.94. The van der Waals surface area contributed by atoms with Gasteiger partial charge in [-0.25, -0.2) is 9.59 Å². The van der Waals surface area contributed by atoms with Gasteiger partial charge in [-0.05, 0) is 128 Å². The van der Waals surface area contributed by atoms with Gasteiger partial charge in [-0.2, -0.15) is 0 Å². The normalized spacial score (nSPS) is 16.6. The van der Waals surface area contributed by atoms with Gasteiger partial charge in [-0.1, -0.05) is 116 Å². The quantitative estimate of drug-likeness (QED) is 0.0392. The highest BCUT2D eigenvalue weighted by atomic mass is 16.6. The average molecular weight is 1360 g/mol. The minimum atomic E-state index is -1.79. The Bertz CT molecular complexity index is 2630. The van der Waals surface area contributed by atoms with Crippen molar-refractivity contribution in [3.8, 4) is 0 Å². The van der Waals surface area contributed by atoms with Crippen molar-refractivity contribution < 1.29 is 77.6 Å². The Morgan fingerprint density at radius 1 is 0.438 bits per heavy atom. The van der Waals surface area contributed by atoms with Crippen LogP contribution in [0.1, 0.15) is 190 Å². The fourth-order valence-corrected chi connectivity index (χ4v) is 11.4. The van der Waals surface area contributed by atoms with Crippen LogP contribution in [0.4, 0.5) is 4.79 Å². The molecule has 0 saturated carbocycles. The number of nitrogens with zero attached hydrogens (tertiary/aromatic N) is 6. The van der Waals surface area contributed by atoms with E-state index >= 15 is 0 Å². The number of likely N-dealkylation sites (N-methyl/N-ethyl adjacent to an activating group) is 6. The van der Waals surface area contributed by atoms with Crippen LogP contribution < -0.4 is 26.6 Å². The highest BCUT2D eigenvalue weighted by molar-refractivity contribution is 5.99. The molecule has 0 radical (unpaired) electrons. The topological polar surface area (TPSA) is 354 Å². The molecule has 0 aromatic heterocycles. The first kappa shape index (κ1) is 89.1. The lowest BCUT2D eigenvalue weighted by Crippen LogP contribution is -2.63. The van der Waals surface area contributed by atoms with E-state index in [2.05, 4.69) is 26.6 Å². The van der Waals surface area contributed by atoms with Gasteiger partial charge < -0.3 is 71.1 Å². The summed E-state index contributed by atoms with van der Waals surface area (Å²) in [6.07, 6.45) is 1.12. The van der Waals surface area contributed by atoms with Gasteiger partial charge in [0.15, 0.2) is 6.04 Å². The molecule has 27 nitrogen and oxygen atoms in total. The van der Waals surface area contributed by atoms with Crippen LogP contribution in [0.2, 0.25) is 0 Å². The number of carboxylic acid groups (broad SMARTS) is 1. The summed E-state index contributed by atoms with van der Waals surface area (Å²) >= 11 is 0. The molecule has 0 saturated heterocycles. The number of nitrogens with one attached hydrogen (secondary N) is 5. The predicted molar refractivity (Wildman–Crippen MR) is 368 cm³/mol. The van der Waals surface area contributed by atoms with Crippen LogP contribution in [0.5, 0.6) is 0 Å². The number of aliphatic carboxylic acids is 1. The van der Waals surface area contributed by atoms with Gasteiger partial charge >= 0.3 is 12.1 Å². The summed E-state index contributed by atoms with van der Waals surface area (Å²) in [6, 6.07) is -14.2. The monoisotopic (exact) mass is 1360 g/mol. The van der Waals surface area contributed by atoms with Crippen molar-refractivity contribution in [2.24, 2.45) is 41.4 Å². The van der Waals surface area contributed by atoms with Crippen molar-refractivity contribution in [1.29, 1.82) is 0 Å². The van der Waals surface area contributed by atoms with Crippen LogP contribution in [0.25, 0.3) is 0 Å². The van der Waals surface area contributed by atoms with E-state index in [0.717, 1.165) is 16.7 Å². The molecule has 0 fully saturated rings. The number of ether oxygens (including phenoxy) is 1.